The number of rotatable bonds is 9. The first-order valence-corrected chi connectivity index (χ1v) is 13.4. The van der Waals surface area contributed by atoms with Crippen molar-refractivity contribution in [2.75, 3.05) is 23.1 Å². The van der Waals surface area contributed by atoms with E-state index in [0.717, 1.165) is 16.9 Å². The zero-order valence-corrected chi connectivity index (χ0v) is 20.3. The summed E-state index contributed by atoms with van der Waals surface area (Å²) in [5.74, 6) is 0.520. The molecule has 8 heteroatoms. The molecule has 0 aromatic heterocycles. The Balaban J connectivity index is 1.74. The lowest BCUT2D eigenvalue weighted by atomic mass is 10.1. The van der Waals surface area contributed by atoms with Crippen molar-refractivity contribution in [1.82, 2.24) is 5.32 Å². The van der Waals surface area contributed by atoms with Gasteiger partial charge in [0.25, 0.3) is 10.0 Å². The van der Waals surface area contributed by atoms with E-state index in [0.29, 0.717) is 22.5 Å². The van der Waals surface area contributed by atoms with Gasteiger partial charge in [0.05, 0.1) is 10.6 Å². The van der Waals surface area contributed by atoms with E-state index in [-0.39, 0.29) is 17.3 Å². The zero-order chi connectivity index (χ0) is 22.4. The summed E-state index contributed by atoms with van der Waals surface area (Å²) < 4.78 is 27.9. The molecule has 0 unspecified atom stereocenters. The fourth-order valence-corrected chi connectivity index (χ4v) is 6.35. The number of carbonyl (C=O) groups is 1. The first kappa shape index (κ1) is 24.0. The van der Waals surface area contributed by atoms with Crippen molar-refractivity contribution in [2.24, 2.45) is 0 Å². The normalized spacial score (nSPS) is 14.5. The average Bonchev–Trinajstić information content (AvgIpc) is 3.25. The third-order valence-corrected chi connectivity index (χ3v) is 8.97. The molecule has 0 radical (unpaired) electrons. The second-order valence-corrected chi connectivity index (χ2v) is 11.6. The molecule has 1 saturated carbocycles. The van der Waals surface area contributed by atoms with Crippen LogP contribution in [-0.4, -0.2) is 38.4 Å². The maximum Gasteiger partial charge on any atom is 0.264 e. The maximum absolute atomic E-state index is 13.4. The molecule has 0 aliphatic heterocycles. The van der Waals surface area contributed by atoms with Crippen LogP contribution in [0.25, 0.3) is 0 Å². The summed E-state index contributed by atoms with van der Waals surface area (Å²) in [7, 11) is -3.93. The molecule has 2 aromatic carbocycles. The predicted molar refractivity (Wildman–Crippen MR) is 130 cm³/mol. The van der Waals surface area contributed by atoms with Crippen LogP contribution in [0.3, 0.4) is 0 Å². The van der Waals surface area contributed by atoms with Gasteiger partial charge in [0.2, 0.25) is 5.91 Å². The van der Waals surface area contributed by atoms with Crippen LogP contribution in [0.1, 0.15) is 36.8 Å². The van der Waals surface area contributed by atoms with Gasteiger partial charge in [0.1, 0.15) is 6.54 Å². The predicted octanol–water partition coefficient (Wildman–Crippen LogP) is 4.94. The van der Waals surface area contributed by atoms with Crippen molar-refractivity contribution in [3.63, 3.8) is 0 Å². The van der Waals surface area contributed by atoms with Gasteiger partial charge in [-0.15, -0.1) is 0 Å². The third kappa shape index (κ3) is 6.40. The third-order valence-electron chi connectivity index (χ3n) is 5.55. The van der Waals surface area contributed by atoms with Crippen LogP contribution in [0.2, 0.25) is 5.02 Å². The van der Waals surface area contributed by atoms with Crippen LogP contribution in [0.5, 0.6) is 0 Å². The molecule has 0 saturated heterocycles. The Kier molecular flexibility index (Phi) is 8.30. The van der Waals surface area contributed by atoms with E-state index in [1.54, 1.807) is 12.1 Å². The lowest BCUT2D eigenvalue weighted by Gasteiger charge is -2.25. The number of sulfonamides is 1. The van der Waals surface area contributed by atoms with E-state index in [2.05, 4.69) is 5.32 Å². The Morgan fingerprint density at radius 1 is 1.10 bits per heavy atom. The first-order chi connectivity index (χ1) is 14.8. The fraction of sp³-hybridized carbons (Fsp3) is 0.435. The highest BCUT2D eigenvalue weighted by Crippen LogP contribution is 2.29. The van der Waals surface area contributed by atoms with E-state index < -0.39 is 10.0 Å². The highest BCUT2D eigenvalue weighted by atomic mass is 35.5. The van der Waals surface area contributed by atoms with E-state index in [9.17, 15) is 13.2 Å². The lowest BCUT2D eigenvalue weighted by Crippen LogP contribution is -2.41. The minimum atomic E-state index is -3.93. The first-order valence-electron chi connectivity index (χ1n) is 10.5. The zero-order valence-electron chi connectivity index (χ0n) is 17.9. The Labute approximate surface area is 194 Å². The second-order valence-electron chi connectivity index (χ2n) is 7.86. The number of carbonyl (C=O) groups excluding carboxylic acids is 1. The van der Waals surface area contributed by atoms with Crippen LogP contribution in [0.15, 0.2) is 47.4 Å². The Morgan fingerprint density at radius 2 is 1.77 bits per heavy atom. The summed E-state index contributed by atoms with van der Waals surface area (Å²) in [6, 6.07) is 11.4. The largest absolute Gasteiger partial charge is 0.354 e. The van der Waals surface area contributed by atoms with Gasteiger partial charge < -0.3 is 5.32 Å². The Bertz CT molecular complexity index is 1000. The van der Waals surface area contributed by atoms with E-state index in [1.807, 2.05) is 31.7 Å². The molecule has 1 aliphatic rings. The molecule has 1 fully saturated rings. The molecule has 0 heterocycles. The van der Waals surface area contributed by atoms with Crippen molar-refractivity contribution in [3.8, 4) is 0 Å². The molecule has 31 heavy (non-hydrogen) atoms. The number of nitrogens with zero attached hydrogens (tertiary/aromatic N) is 1. The standard InChI is InChI=1S/C23H29ClN2O3S2/c1-17-7-10-20(15-18(17)2)26(31(28,29)22-11-8-19(24)9-12-22)16-23(27)25-13-14-30-21-5-3-4-6-21/h7-12,15,21H,3-6,13-14,16H2,1-2H3,(H,25,27). The number of hydrogen-bond donors (Lipinski definition) is 1. The highest BCUT2D eigenvalue weighted by molar-refractivity contribution is 7.99. The number of hydrogen-bond acceptors (Lipinski definition) is 4. The van der Waals surface area contributed by atoms with Crippen LogP contribution in [-0.2, 0) is 14.8 Å². The van der Waals surface area contributed by atoms with Crippen molar-refractivity contribution >= 4 is 45.0 Å². The van der Waals surface area contributed by atoms with Gasteiger partial charge >= 0.3 is 0 Å². The highest BCUT2D eigenvalue weighted by Gasteiger charge is 2.27. The van der Waals surface area contributed by atoms with E-state index >= 15 is 0 Å². The Hall–Kier alpha value is -1.70. The van der Waals surface area contributed by atoms with Crippen molar-refractivity contribution in [3.05, 3.63) is 58.6 Å². The van der Waals surface area contributed by atoms with Crippen LogP contribution in [0.4, 0.5) is 5.69 Å². The van der Waals surface area contributed by atoms with Crippen molar-refractivity contribution in [1.29, 1.82) is 0 Å². The van der Waals surface area contributed by atoms with Gasteiger partial charge in [-0.3, -0.25) is 9.10 Å². The summed E-state index contributed by atoms with van der Waals surface area (Å²) >= 11 is 7.81. The molecule has 0 bridgehead atoms. The number of aryl methyl sites for hydroxylation is 2. The summed E-state index contributed by atoms with van der Waals surface area (Å²) in [5.41, 5.74) is 2.48. The molecule has 2 aromatic rings. The maximum atomic E-state index is 13.4. The molecule has 168 valence electrons. The topological polar surface area (TPSA) is 66.5 Å². The van der Waals surface area contributed by atoms with Crippen LogP contribution in [0, 0.1) is 13.8 Å². The van der Waals surface area contributed by atoms with Gasteiger partial charge in [-0.25, -0.2) is 8.42 Å². The molecule has 1 amide bonds. The van der Waals surface area contributed by atoms with E-state index in [4.69, 9.17) is 11.6 Å². The molecule has 0 spiro atoms. The smallest absolute Gasteiger partial charge is 0.264 e. The molecular formula is C23H29ClN2O3S2. The SMILES string of the molecule is Cc1ccc(N(CC(=O)NCCSC2CCCC2)S(=O)(=O)c2ccc(Cl)cc2)cc1C. The summed E-state index contributed by atoms with van der Waals surface area (Å²) in [6.45, 7) is 4.14. The molecule has 0 atom stereocenters. The molecule has 1 aliphatic carbocycles. The summed E-state index contributed by atoms with van der Waals surface area (Å²) in [5, 5.41) is 4.02. The van der Waals surface area contributed by atoms with Crippen molar-refractivity contribution < 1.29 is 13.2 Å². The minimum absolute atomic E-state index is 0.0970. The molecule has 5 nitrogen and oxygen atoms in total. The number of halogens is 1. The summed E-state index contributed by atoms with van der Waals surface area (Å²) in [6.07, 6.45) is 5.08. The summed E-state index contributed by atoms with van der Waals surface area (Å²) in [4.78, 5) is 12.8. The fourth-order valence-electron chi connectivity index (χ4n) is 3.59. The monoisotopic (exact) mass is 480 g/mol. The minimum Gasteiger partial charge on any atom is -0.354 e. The van der Waals surface area contributed by atoms with Crippen molar-refractivity contribution in [2.45, 2.75) is 49.7 Å². The van der Waals surface area contributed by atoms with Gasteiger partial charge in [0, 0.05) is 22.6 Å². The van der Waals surface area contributed by atoms with Gasteiger partial charge in [0.15, 0.2) is 0 Å². The van der Waals surface area contributed by atoms with Crippen LogP contribution >= 0.6 is 23.4 Å². The molecular weight excluding hydrogens is 452 g/mol. The number of amides is 1. The quantitative estimate of drug-likeness (QED) is 0.516. The average molecular weight is 481 g/mol. The van der Waals surface area contributed by atoms with Gasteiger partial charge in [-0.2, -0.15) is 11.8 Å². The van der Waals surface area contributed by atoms with Gasteiger partial charge in [-0.1, -0.05) is 30.5 Å². The Morgan fingerprint density at radius 3 is 2.42 bits per heavy atom. The number of nitrogens with one attached hydrogen (secondary N) is 1. The van der Waals surface area contributed by atoms with Crippen LogP contribution < -0.4 is 9.62 Å². The van der Waals surface area contributed by atoms with E-state index in [1.165, 1.54) is 54.3 Å². The lowest BCUT2D eigenvalue weighted by molar-refractivity contribution is -0.119. The second kappa shape index (κ2) is 10.7. The molecule has 1 N–H and O–H groups in total. The number of benzene rings is 2. The van der Waals surface area contributed by atoms with Gasteiger partial charge in [-0.05, 0) is 74.2 Å². The number of anilines is 1. The molecule has 3 rings (SSSR count). The number of thioether (sulfide) groups is 1.